The van der Waals surface area contributed by atoms with Crippen LogP contribution in [0.5, 0.6) is 0 Å². The third-order valence-corrected chi connectivity index (χ3v) is 1.05. The molecule has 2 amide bonds. The number of hydrogen-bond donors (Lipinski definition) is 4. The largest absolute Gasteiger partial charge is 0.465 e. The molecule has 0 heterocycles. The highest BCUT2D eigenvalue weighted by Gasteiger charge is 2.12. The van der Waals surface area contributed by atoms with E-state index in [1.165, 1.54) is 0 Å². The number of primary amides is 2. The molecule has 1 unspecified atom stereocenters. The van der Waals surface area contributed by atoms with Crippen LogP contribution >= 0.6 is 0 Å². The lowest BCUT2D eigenvalue weighted by Crippen LogP contribution is -2.40. The van der Waals surface area contributed by atoms with E-state index in [9.17, 15) is 4.79 Å². The Morgan fingerprint density at radius 1 is 1.25 bits per heavy atom. The fourth-order valence-electron chi connectivity index (χ4n) is 0.329. The Morgan fingerprint density at radius 3 is 1.50 bits per heavy atom. The molecular formula is C6H15N3O3. The van der Waals surface area contributed by atoms with Gasteiger partial charge < -0.3 is 22.3 Å². The van der Waals surface area contributed by atoms with Crippen molar-refractivity contribution in [2.24, 2.45) is 23.1 Å². The van der Waals surface area contributed by atoms with Gasteiger partial charge in [0.2, 0.25) is 5.91 Å². The van der Waals surface area contributed by atoms with Gasteiger partial charge in [-0.2, -0.15) is 0 Å². The van der Waals surface area contributed by atoms with Gasteiger partial charge in [0.05, 0.1) is 6.04 Å². The average Bonchev–Trinajstić information content (AvgIpc) is 1.84. The molecule has 0 aliphatic rings. The standard InChI is InChI=1S/C5H12N2O.CH3NO2/c1-3(2)4(6)5(7)8;2-1(3)4/h3-4H,6H2,1-2H3,(H2,7,8);2H2,(H,3,4). The average molecular weight is 177 g/mol. The second-order valence-corrected chi connectivity index (χ2v) is 2.51. The number of carbonyl (C=O) groups is 2. The first-order valence-corrected chi connectivity index (χ1v) is 3.32. The fraction of sp³-hybridized carbons (Fsp3) is 0.667. The van der Waals surface area contributed by atoms with Crippen LogP contribution in [0.25, 0.3) is 0 Å². The number of rotatable bonds is 2. The molecule has 1 atom stereocenters. The highest BCUT2D eigenvalue weighted by atomic mass is 16.4. The van der Waals surface area contributed by atoms with Gasteiger partial charge in [-0.25, -0.2) is 4.79 Å². The first-order valence-electron chi connectivity index (χ1n) is 3.32. The molecule has 0 bridgehead atoms. The lowest BCUT2D eigenvalue weighted by Gasteiger charge is -2.09. The Labute approximate surface area is 70.7 Å². The minimum Gasteiger partial charge on any atom is -0.465 e. The molecule has 72 valence electrons. The zero-order chi connectivity index (χ0) is 10.3. The SMILES string of the molecule is CC(C)C(N)C(N)=O.NC(=O)O. The van der Waals surface area contributed by atoms with Gasteiger partial charge in [-0.05, 0) is 5.92 Å². The highest BCUT2D eigenvalue weighted by molar-refractivity contribution is 5.79. The van der Waals surface area contributed by atoms with Gasteiger partial charge in [0, 0.05) is 0 Å². The topological polar surface area (TPSA) is 132 Å². The van der Waals surface area contributed by atoms with Gasteiger partial charge in [0.25, 0.3) is 0 Å². The van der Waals surface area contributed by atoms with Crippen molar-refractivity contribution in [1.82, 2.24) is 0 Å². The maximum Gasteiger partial charge on any atom is 0.402 e. The summed E-state index contributed by atoms with van der Waals surface area (Å²) in [5.41, 5.74) is 14.2. The second kappa shape index (κ2) is 6.41. The predicted octanol–water partition coefficient (Wildman–Crippen LogP) is -0.922. The number of carboxylic acid groups (broad SMARTS) is 1. The molecule has 0 rings (SSSR count). The first kappa shape index (κ1) is 13.3. The molecule has 7 N–H and O–H groups in total. The van der Waals surface area contributed by atoms with Crippen LogP contribution in [0.1, 0.15) is 13.8 Å². The summed E-state index contributed by atoms with van der Waals surface area (Å²) in [6.45, 7) is 3.71. The van der Waals surface area contributed by atoms with E-state index in [1.54, 1.807) is 0 Å². The molecule has 0 aliphatic carbocycles. The fourth-order valence-corrected chi connectivity index (χ4v) is 0.329. The summed E-state index contributed by atoms with van der Waals surface area (Å²) < 4.78 is 0. The van der Waals surface area contributed by atoms with Crippen molar-refractivity contribution < 1.29 is 14.7 Å². The van der Waals surface area contributed by atoms with Crippen LogP contribution in [0.2, 0.25) is 0 Å². The zero-order valence-electron chi connectivity index (χ0n) is 7.15. The lowest BCUT2D eigenvalue weighted by atomic mass is 10.1. The summed E-state index contributed by atoms with van der Waals surface area (Å²) in [5, 5.41) is 7.19. The molecule has 0 aromatic carbocycles. The van der Waals surface area contributed by atoms with Crippen molar-refractivity contribution in [2.45, 2.75) is 19.9 Å². The van der Waals surface area contributed by atoms with Gasteiger partial charge in [-0.3, -0.25) is 4.79 Å². The Kier molecular flexibility index (Phi) is 7.11. The summed E-state index contributed by atoms with van der Waals surface area (Å²) >= 11 is 0. The van der Waals surface area contributed by atoms with Gasteiger partial charge in [0.15, 0.2) is 0 Å². The molecule has 0 saturated heterocycles. The highest BCUT2D eigenvalue weighted by Crippen LogP contribution is 1.95. The van der Waals surface area contributed by atoms with E-state index in [-0.39, 0.29) is 5.92 Å². The summed E-state index contributed by atoms with van der Waals surface area (Å²) in [7, 11) is 0. The van der Waals surface area contributed by atoms with E-state index in [0.29, 0.717) is 0 Å². The number of carbonyl (C=O) groups excluding carboxylic acids is 1. The van der Waals surface area contributed by atoms with E-state index in [0.717, 1.165) is 0 Å². The Morgan fingerprint density at radius 2 is 1.50 bits per heavy atom. The third kappa shape index (κ3) is 11.5. The van der Waals surface area contributed by atoms with Gasteiger partial charge >= 0.3 is 6.09 Å². The maximum atomic E-state index is 10.2. The first-order chi connectivity index (χ1) is 5.29. The summed E-state index contributed by atoms with van der Waals surface area (Å²) in [6, 6.07) is -0.491. The summed E-state index contributed by atoms with van der Waals surface area (Å²) in [6.07, 6.45) is -1.33. The predicted molar refractivity (Wildman–Crippen MR) is 44.2 cm³/mol. The minimum absolute atomic E-state index is 0.146. The van der Waals surface area contributed by atoms with Crippen molar-refractivity contribution in [3.8, 4) is 0 Å². The quantitative estimate of drug-likeness (QED) is 0.434. The minimum atomic E-state index is -1.33. The number of hydrogen-bond acceptors (Lipinski definition) is 3. The smallest absolute Gasteiger partial charge is 0.402 e. The van der Waals surface area contributed by atoms with E-state index in [2.05, 4.69) is 5.73 Å². The molecule has 0 fully saturated rings. The third-order valence-electron chi connectivity index (χ3n) is 1.05. The van der Waals surface area contributed by atoms with Gasteiger partial charge in [-0.1, -0.05) is 13.8 Å². The monoisotopic (exact) mass is 177 g/mol. The summed E-state index contributed by atoms with van der Waals surface area (Å²) in [5.74, 6) is -0.285. The van der Waals surface area contributed by atoms with Crippen LogP contribution in [0.15, 0.2) is 0 Å². The van der Waals surface area contributed by atoms with Crippen molar-refractivity contribution >= 4 is 12.0 Å². The van der Waals surface area contributed by atoms with E-state index < -0.39 is 18.0 Å². The summed E-state index contributed by atoms with van der Waals surface area (Å²) in [4.78, 5) is 19.0. The molecule has 0 aliphatic heterocycles. The van der Waals surface area contributed by atoms with Crippen molar-refractivity contribution in [3.63, 3.8) is 0 Å². The van der Waals surface area contributed by atoms with Crippen molar-refractivity contribution in [3.05, 3.63) is 0 Å². The van der Waals surface area contributed by atoms with E-state index in [4.69, 9.17) is 21.4 Å². The molecule has 6 heteroatoms. The van der Waals surface area contributed by atoms with Crippen LogP contribution < -0.4 is 17.2 Å². The van der Waals surface area contributed by atoms with Crippen molar-refractivity contribution in [1.29, 1.82) is 0 Å². The van der Waals surface area contributed by atoms with Crippen LogP contribution in [0.3, 0.4) is 0 Å². The number of nitrogens with two attached hydrogens (primary N) is 3. The lowest BCUT2D eigenvalue weighted by molar-refractivity contribution is -0.120. The zero-order valence-corrected chi connectivity index (χ0v) is 7.15. The number of amides is 2. The Bertz CT molecular complexity index is 154. The van der Waals surface area contributed by atoms with Crippen LogP contribution in [0, 0.1) is 5.92 Å². The van der Waals surface area contributed by atoms with Crippen LogP contribution in [-0.2, 0) is 4.79 Å². The van der Waals surface area contributed by atoms with Crippen molar-refractivity contribution in [2.75, 3.05) is 0 Å². The molecule has 0 aromatic rings. The molecule has 12 heavy (non-hydrogen) atoms. The van der Waals surface area contributed by atoms with Gasteiger partial charge in [0.1, 0.15) is 0 Å². The molecular weight excluding hydrogens is 162 g/mol. The van der Waals surface area contributed by atoms with E-state index in [1.807, 2.05) is 13.8 Å². The maximum absolute atomic E-state index is 10.2. The van der Waals surface area contributed by atoms with Gasteiger partial charge in [-0.15, -0.1) is 0 Å². The Balaban J connectivity index is 0. The molecule has 0 aromatic heterocycles. The van der Waals surface area contributed by atoms with E-state index >= 15 is 0 Å². The molecule has 0 saturated carbocycles. The Hall–Kier alpha value is -1.30. The normalized spacial score (nSPS) is 11.3. The second-order valence-electron chi connectivity index (χ2n) is 2.51. The molecule has 6 nitrogen and oxygen atoms in total. The van der Waals surface area contributed by atoms with Crippen LogP contribution in [0.4, 0.5) is 4.79 Å². The molecule has 0 spiro atoms. The van der Waals surface area contributed by atoms with Crippen LogP contribution in [-0.4, -0.2) is 23.1 Å². The molecule has 0 radical (unpaired) electrons.